The number of hydrogen-bond acceptors (Lipinski definition) is 5. The standard InChI is InChI=1S/C13H27N3O2/c1-4-18-13(17)12(14)7-9-16(3)11-6-5-8-15(2)10-11/h11-12H,4-10,14H2,1-3H3. The number of hydrogen-bond donors (Lipinski definition) is 1. The van der Waals surface area contributed by atoms with Crippen molar-refractivity contribution in [3.05, 3.63) is 0 Å². The molecule has 1 saturated heterocycles. The Morgan fingerprint density at radius 1 is 1.61 bits per heavy atom. The Kier molecular flexibility index (Phi) is 6.60. The molecule has 1 aliphatic heterocycles. The normalized spacial score (nSPS) is 23.1. The van der Waals surface area contributed by atoms with E-state index in [1.807, 2.05) is 0 Å². The van der Waals surface area contributed by atoms with Gasteiger partial charge >= 0.3 is 5.97 Å². The summed E-state index contributed by atoms with van der Waals surface area (Å²) >= 11 is 0. The fraction of sp³-hybridized carbons (Fsp3) is 0.923. The van der Waals surface area contributed by atoms with Crippen LogP contribution in [0.3, 0.4) is 0 Å². The lowest BCUT2D eigenvalue weighted by Gasteiger charge is -2.36. The first kappa shape index (κ1) is 15.4. The van der Waals surface area contributed by atoms with Gasteiger partial charge in [0, 0.05) is 19.1 Å². The largest absolute Gasteiger partial charge is 0.465 e. The van der Waals surface area contributed by atoms with Crippen LogP contribution in [0.15, 0.2) is 0 Å². The molecule has 0 amide bonds. The van der Waals surface area contributed by atoms with Gasteiger partial charge in [-0.05, 0) is 46.8 Å². The molecule has 2 N–H and O–H groups in total. The van der Waals surface area contributed by atoms with Crippen LogP contribution in [0.4, 0.5) is 0 Å². The van der Waals surface area contributed by atoms with Crippen molar-refractivity contribution in [2.24, 2.45) is 5.73 Å². The summed E-state index contributed by atoms with van der Waals surface area (Å²) in [4.78, 5) is 16.1. The van der Waals surface area contributed by atoms with Crippen molar-refractivity contribution in [2.45, 2.75) is 38.3 Å². The van der Waals surface area contributed by atoms with Crippen LogP contribution in [0.25, 0.3) is 0 Å². The molecule has 1 rings (SSSR count). The molecule has 18 heavy (non-hydrogen) atoms. The summed E-state index contributed by atoms with van der Waals surface area (Å²) in [6.07, 6.45) is 3.14. The summed E-state index contributed by atoms with van der Waals surface area (Å²) < 4.78 is 4.91. The third kappa shape index (κ3) is 4.92. The topological polar surface area (TPSA) is 58.8 Å². The first-order chi connectivity index (χ1) is 8.54. The van der Waals surface area contributed by atoms with Gasteiger partial charge in [-0.3, -0.25) is 4.79 Å². The van der Waals surface area contributed by atoms with E-state index < -0.39 is 6.04 Å². The minimum atomic E-state index is -0.492. The first-order valence-corrected chi connectivity index (χ1v) is 6.85. The summed E-state index contributed by atoms with van der Waals surface area (Å²) in [7, 11) is 4.27. The molecule has 1 aliphatic rings. The third-order valence-corrected chi connectivity index (χ3v) is 3.61. The fourth-order valence-corrected chi connectivity index (χ4v) is 2.39. The van der Waals surface area contributed by atoms with Gasteiger partial charge < -0.3 is 20.3 Å². The van der Waals surface area contributed by atoms with Crippen molar-refractivity contribution in [3.8, 4) is 0 Å². The maximum Gasteiger partial charge on any atom is 0.322 e. The Labute approximate surface area is 110 Å². The van der Waals surface area contributed by atoms with Gasteiger partial charge in [-0.25, -0.2) is 0 Å². The second-order valence-corrected chi connectivity index (χ2v) is 5.19. The summed E-state index contributed by atoms with van der Waals surface area (Å²) in [6, 6.07) is 0.0897. The number of carbonyl (C=O) groups excluding carboxylic acids is 1. The first-order valence-electron chi connectivity index (χ1n) is 6.85. The number of likely N-dealkylation sites (tertiary alicyclic amines) is 1. The van der Waals surface area contributed by atoms with Gasteiger partial charge in [-0.2, -0.15) is 0 Å². The number of likely N-dealkylation sites (N-methyl/N-ethyl adjacent to an activating group) is 2. The molecule has 0 aliphatic carbocycles. The average molecular weight is 257 g/mol. The number of piperidine rings is 1. The molecule has 2 unspecified atom stereocenters. The highest BCUT2D eigenvalue weighted by Gasteiger charge is 2.22. The lowest BCUT2D eigenvalue weighted by Crippen LogP contribution is -2.46. The van der Waals surface area contributed by atoms with Gasteiger partial charge in [0.05, 0.1) is 6.61 Å². The second kappa shape index (κ2) is 7.71. The highest BCUT2D eigenvalue weighted by atomic mass is 16.5. The van der Waals surface area contributed by atoms with Crippen LogP contribution >= 0.6 is 0 Å². The van der Waals surface area contributed by atoms with E-state index in [1.165, 1.54) is 19.4 Å². The zero-order valence-electron chi connectivity index (χ0n) is 11.9. The lowest BCUT2D eigenvalue weighted by atomic mass is 10.0. The lowest BCUT2D eigenvalue weighted by molar-refractivity contribution is -0.144. The molecule has 0 bridgehead atoms. The molecule has 5 heteroatoms. The van der Waals surface area contributed by atoms with Crippen LogP contribution in [0.1, 0.15) is 26.2 Å². The molecule has 2 atom stereocenters. The van der Waals surface area contributed by atoms with Gasteiger partial charge in [-0.1, -0.05) is 0 Å². The molecule has 1 heterocycles. The van der Waals surface area contributed by atoms with E-state index in [0.717, 1.165) is 13.1 Å². The van der Waals surface area contributed by atoms with Crippen molar-refractivity contribution in [1.82, 2.24) is 9.80 Å². The number of carbonyl (C=O) groups is 1. The molecule has 0 aromatic rings. The average Bonchev–Trinajstić information content (AvgIpc) is 2.35. The zero-order valence-corrected chi connectivity index (χ0v) is 11.9. The Morgan fingerprint density at radius 3 is 2.94 bits per heavy atom. The SMILES string of the molecule is CCOC(=O)C(N)CCN(C)C1CCCN(C)C1. The highest BCUT2D eigenvalue weighted by molar-refractivity contribution is 5.75. The van der Waals surface area contributed by atoms with Crippen LogP contribution < -0.4 is 5.73 Å². The molecule has 0 saturated carbocycles. The van der Waals surface area contributed by atoms with Gasteiger partial charge in [0.15, 0.2) is 0 Å². The second-order valence-electron chi connectivity index (χ2n) is 5.19. The van der Waals surface area contributed by atoms with Crippen LogP contribution in [-0.4, -0.2) is 68.2 Å². The van der Waals surface area contributed by atoms with Crippen molar-refractivity contribution in [2.75, 3.05) is 40.3 Å². The van der Waals surface area contributed by atoms with E-state index >= 15 is 0 Å². The van der Waals surface area contributed by atoms with Crippen molar-refractivity contribution >= 4 is 5.97 Å². The number of nitrogens with two attached hydrogens (primary N) is 1. The van der Waals surface area contributed by atoms with E-state index in [0.29, 0.717) is 19.1 Å². The van der Waals surface area contributed by atoms with E-state index in [4.69, 9.17) is 10.5 Å². The Bertz CT molecular complexity index is 261. The zero-order chi connectivity index (χ0) is 13.5. The van der Waals surface area contributed by atoms with Gasteiger partial charge in [0.25, 0.3) is 0 Å². The van der Waals surface area contributed by atoms with Crippen LogP contribution in [0.2, 0.25) is 0 Å². The van der Waals surface area contributed by atoms with Crippen molar-refractivity contribution in [1.29, 1.82) is 0 Å². The molecule has 0 aromatic heterocycles. The predicted molar refractivity (Wildman–Crippen MR) is 72.4 cm³/mol. The number of nitrogens with zero attached hydrogens (tertiary/aromatic N) is 2. The highest BCUT2D eigenvalue weighted by Crippen LogP contribution is 2.13. The van der Waals surface area contributed by atoms with Crippen LogP contribution in [0, 0.1) is 0 Å². The van der Waals surface area contributed by atoms with Crippen molar-refractivity contribution < 1.29 is 9.53 Å². The molecule has 0 aromatic carbocycles. The Morgan fingerprint density at radius 2 is 2.33 bits per heavy atom. The molecule has 0 spiro atoms. The fourth-order valence-electron chi connectivity index (χ4n) is 2.39. The predicted octanol–water partition coefficient (Wildman–Crippen LogP) is 0.293. The Balaban J connectivity index is 2.27. The molecule has 0 radical (unpaired) electrons. The minimum absolute atomic E-state index is 0.285. The summed E-state index contributed by atoms with van der Waals surface area (Å²) in [6.45, 7) is 5.33. The van der Waals surface area contributed by atoms with Crippen molar-refractivity contribution in [3.63, 3.8) is 0 Å². The summed E-state index contributed by atoms with van der Waals surface area (Å²) in [5.41, 5.74) is 5.80. The Hall–Kier alpha value is -0.650. The number of ether oxygens (including phenoxy) is 1. The smallest absolute Gasteiger partial charge is 0.322 e. The van der Waals surface area contributed by atoms with Gasteiger partial charge in [0.1, 0.15) is 6.04 Å². The maximum atomic E-state index is 11.4. The third-order valence-electron chi connectivity index (χ3n) is 3.61. The van der Waals surface area contributed by atoms with E-state index in [9.17, 15) is 4.79 Å². The molecule has 1 fully saturated rings. The molecular weight excluding hydrogens is 230 g/mol. The maximum absolute atomic E-state index is 11.4. The van der Waals surface area contributed by atoms with Crippen LogP contribution in [0.5, 0.6) is 0 Å². The summed E-state index contributed by atoms with van der Waals surface area (Å²) in [5.74, 6) is -0.285. The van der Waals surface area contributed by atoms with Gasteiger partial charge in [0.2, 0.25) is 0 Å². The number of rotatable bonds is 6. The van der Waals surface area contributed by atoms with E-state index in [2.05, 4.69) is 23.9 Å². The molecule has 106 valence electrons. The van der Waals surface area contributed by atoms with Crippen LogP contribution in [-0.2, 0) is 9.53 Å². The summed E-state index contributed by atoms with van der Waals surface area (Å²) in [5, 5.41) is 0. The van der Waals surface area contributed by atoms with E-state index in [-0.39, 0.29) is 5.97 Å². The minimum Gasteiger partial charge on any atom is -0.465 e. The van der Waals surface area contributed by atoms with Gasteiger partial charge in [-0.15, -0.1) is 0 Å². The van der Waals surface area contributed by atoms with E-state index in [1.54, 1.807) is 6.92 Å². The monoisotopic (exact) mass is 257 g/mol. The molecule has 5 nitrogen and oxygen atoms in total. The quantitative estimate of drug-likeness (QED) is 0.693. The number of esters is 1. The molecular formula is C13H27N3O2.